The number of nitrogens with zero attached hydrogens (tertiary/aromatic N) is 3. The molecule has 1 aromatic heterocycles. The summed E-state index contributed by atoms with van der Waals surface area (Å²) in [5.41, 5.74) is 6.09. The monoisotopic (exact) mass is 418 g/mol. The zero-order chi connectivity index (χ0) is 21.1. The van der Waals surface area contributed by atoms with Crippen molar-refractivity contribution in [1.82, 2.24) is 15.2 Å². The van der Waals surface area contributed by atoms with Crippen LogP contribution in [0.5, 0.6) is 5.88 Å². The number of benzene rings is 2. The molecule has 2 heterocycles. The Morgan fingerprint density at radius 1 is 1.13 bits per heavy atom. The van der Waals surface area contributed by atoms with E-state index in [0.29, 0.717) is 22.6 Å². The van der Waals surface area contributed by atoms with Crippen molar-refractivity contribution in [2.24, 2.45) is 0 Å². The number of rotatable bonds is 5. The molecule has 1 atom stereocenters. The van der Waals surface area contributed by atoms with E-state index in [1.807, 2.05) is 24.3 Å². The molecule has 5 nitrogen and oxygen atoms in total. The summed E-state index contributed by atoms with van der Waals surface area (Å²) in [6, 6.07) is 16.7. The van der Waals surface area contributed by atoms with Crippen LogP contribution in [0.1, 0.15) is 44.7 Å². The highest BCUT2D eigenvalue weighted by Crippen LogP contribution is 2.37. The quantitative estimate of drug-likeness (QED) is 0.512. The van der Waals surface area contributed by atoms with Crippen LogP contribution in [0.15, 0.2) is 59.3 Å². The molecule has 0 aliphatic carbocycles. The van der Waals surface area contributed by atoms with Crippen LogP contribution in [0, 0.1) is 0 Å². The topological polar surface area (TPSA) is 59.9 Å². The summed E-state index contributed by atoms with van der Waals surface area (Å²) < 4.78 is 6.32. The van der Waals surface area contributed by atoms with E-state index < -0.39 is 0 Å². The van der Waals surface area contributed by atoms with Crippen molar-refractivity contribution in [2.45, 2.75) is 45.0 Å². The van der Waals surface area contributed by atoms with Crippen LogP contribution in [0.3, 0.4) is 0 Å². The Morgan fingerprint density at radius 2 is 1.90 bits per heavy atom. The van der Waals surface area contributed by atoms with Crippen LogP contribution < -0.4 is 10.1 Å². The van der Waals surface area contributed by atoms with E-state index in [1.54, 1.807) is 11.8 Å². The largest absolute Gasteiger partial charge is 0.448 e. The minimum absolute atomic E-state index is 0.353. The molecule has 154 valence electrons. The van der Waals surface area contributed by atoms with Gasteiger partial charge in [-0.25, -0.2) is 0 Å². The third-order valence-electron chi connectivity index (χ3n) is 5.02. The molecule has 6 heteroatoms. The fraction of sp³-hybridized carbons (Fsp3) is 0.292. The normalized spacial score (nSPS) is 15.6. The number of nitrogens with one attached hydrogen (secondary N) is 1. The molecule has 2 aromatic carbocycles. The van der Waals surface area contributed by atoms with Gasteiger partial charge in [-0.15, -0.1) is 10.2 Å². The maximum absolute atomic E-state index is 6.32. The van der Waals surface area contributed by atoms with Gasteiger partial charge in [0.15, 0.2) is 11.9 Å². The van der Waals surface area contributed by atoms with E-state index in [0.717, 1.165) is 28.1 Å². The van der Waals surface area contributed by atoms with Crippen molar-refractivity contribution in [2.75, 3.05) is 11.1 Å². The minimum Gasteiger partial charge on any atom is -0.448 e. The lowest BCUT2D eigenvalue weighted by molar-refractivity contribution is 0.255. The molecular formula is C24H26N4OS. The van der Waals surface area contributed by atoms with Gasteiger partial charge in [0.05, 0.1) is 0 Å². The number of aromatic nitrogens is 3. The molecule has 30 heavy (non-hydrogen) atoms. The second kappa shape index (κ2) is 8.88. The van der Waals surface area contributed by atoms with Gasteiger partial charge < -0.3 is 10.1 Å². The number of hydrogen-bond donors (Lipinski definition) is 1. The first-order valence-electron chi connectivity index (χ1n) is 10.2. The third-order valence-corrected chi connectivity index (χ3v) is 5.74. The Hall–Kier alpha value is -2.86. The van der Waals surface area contributed by atoms with Gasteiger partial charge in [-0.05, 0) is 41.4 Å². The molecule has 0 saturated heterocycles. The molecule has 0 amide bonds. The van der Waals surface area contributed by atoms with Crippen LogP contribution >= 0.6 is 11.8 Å². The van der Waals surface area contributed by atoms with Gasteiger partial charge in [-0.2, -0.15) is 4.98 Å². The average Bonchev–Trinajstić information content (AvgIpc) is 2.91. The Morgan fingerprint density at radius 3 is 2.63 bits per heavy atom. The number of thioether (sulfide) groups is 1. The average molecular weight is 419 g/mol. The van der Waals surface area contributed by atoms with Crippen molar-refractivity contribution < 1.29 is 4.74 Å². The van der Waals surface area contributed by atoms with E-state index in [2.05, 4.69) is 78.5 Å². The van der Waals surface area contributed by atoms with Crippen LogP contribution in [-0.4, -0.2) is 27.2 Å². The Bertz CT molecular complexity index is 1060. The molecule has 0 radical (unpaired) electrons. The van der Waals surface area contributed by atoms with Crippen molar-refractivity contribution >= 4 is 23.5 Å². The zero-order valence-corrected chi connectivity index (χ0v) is 18.5. The van der Waals surface area contributed by atoms with Crippen LogP contribution in [0.4, 0.5) is 5.69 Å². The molecule has 0 bridgehead atoms. The summed E-state index contributed by atoms with van der Waals surface area (Å²) >= 11 is 1.55. The summed E-state index contributed by atoms with van der Waals surface area (Å²) in [5.74, 6) is 1.90. The number of fused-ring (bicyclic) bond motifs is 3. The molecule has 3 aromatic rings. The van der Waals surface area contributed by atoms with E-state index in [-0.39, 0.29) is 6.23 Å². The highest BCUT2D eigenvalue weighted by molar-refractivity contribution is 7.99. The summed E-state index contributed by atoms with van der Waals surface area (Å²) in [4.78, 5) is 4.63. The van der Waals surface area contributed by atoms with Gasteiger partial charge in [-0.1, -0.05) is 81.1 Å². The summed E-state index contributed by atoms with van der Waals surface area (Å²) in [7, 11) is 0. The highest BCUT2D eigenvalue weighted by atomic mass is 32.2. The fourth-order valence-electron chi connectivity index (χ4n) is 3.36. The lowest BCUT2D eigenvalue weighted by atomic mass is 10.0. The molecule has 0 spiro atoms. The molecule has 1 N–H and O–H groups in total. The summed E-state index contributed by atoms with van der Waals surface area (Å²) in [5, 5.41) is 12.8. The predicted molar refractivity (Wildman–Crippen MR) is 124 cm³/mol. The van der Waals surface area contributed by atoms with E-state index in [9.17, 15) is 0 Å². The Balaban J connectivity index is 1.70. The first kappa shape index (κ1) is 20.4. The second-order valence-electron chi connectivity index (χ2n) is 7.58. The summed E-state index contributed by atoms with van der Waals surface area (Å²) in [6.45, 7) is 8.54. The first-order chi connectivity index (χ1) is 14.5. The van der Waals surface area contributed by atoms with Crippen molar-refractivity contribution in [3.63, 3.8) is 0 Å². The number of hydrogen-bond acceptors (Lipinski definition) is 6. The third kappa shape index (κ3) is 4.33. The predicted octanol–water partition coefficient (Wildman–Crippen LogP) is 6.01. The molecule has 0 unspecified atom stereocenters. The maximum atomic E-state index is 6.32. The van der Waals surface area contributed by atoms with Crippen molar-refractivity contribution in [3.05, 3.63) is 65.2 Å². The number of anilines is 1. The van der Waals surface area contributed by atoms with E-state index >= 15 is 0 Å². The van der Waals surface area contributed by atoms with Crippen molar-refractivity contribution in [3.8, 4) is 17.1 Å². The SMILES string of the molecule is CCSc1nnc2c(n1)O[C@@H](/C(C)=C\c1ccc(C(C)C)cc1)Nc1ccccc1-2. The van der Waals surface area contributed by atoms with Gasteiger partial charge >= 0.3 is 0 Å². The smallest absolute Gasteiger partial charge is 0.247 e. The van der Waals surface area contributed by atoms with Crippen LogP contribution in [-0.2, 0) is 0 Å². The van der Waals surface area contributed by atoms with Crippen LogP contribution in [0.2, 0.25) is 0 Å². The Kier molecular flexibility index (Phi) is 6.04. The Labute approximate surface area is 182 Å². The first-order valence-corrected chi connectivity index (χ1v) is 11.2. The van der Waals surface area contributed by atoms with Gasteiger partial charge in [0, 0.05) is 11.3 Å². The van der Waals surface area contributed by atoms with Gasteiger partial charge in [0.2, 0.25) is 11.0 Å². The molecule has 4 rings (SSSR count). The molecule has 0 saturated carbocycles. The highest BCUT2D eigenvalue weighted by Gasteiger charge is 2.25. The van der Waals surface area contributed by atoms with E-state index in [1.165, 1.54) is 5.56 Å². The minimum atomic E-state index is -0.353. The zero-order valence-electron chi connectivity index (χ0n) is 17.7. The molecule has 1 aliphatic heterocycles. The van der Waals surface area contributed by atoms with Gasteiger partial charge in [0.1, 0.15) is 0 Å². The van der Waals surface area contributed by atoms with Gasteiger partial charge in [-0.3, -0.25) is 0 Å². The molecular weight excluding hydrogens is 392 g/mol. The lowest BCUT2D eigenvalue weighted by Gasteiger charge is -2.20. The van der Waals surface area contributed by atoms with Gasteiger partial charge in [0.25, 0.3) is 0 Å². The fourth-order valence-corrected chi connectivity index (χ4v) is 3.86. The van der Waals surface area contributed by atoms with Crippen molar-refractivity contribution in [1.29, 1.82) is 0 Å². The number of ether oxygens (including phenoxy) is 1. The maximum Gasteiger partial charge on any atom is 0.247 e. The van der Waals surface area contributed by atoms with E-state index in [4.69, 9.17) is 4.74 Å². The molecule has 0 fully saturated rings. The lowest BCUT2D eigenvalue weighted by Crippen LogP contribution is -2.27. The number of para-hydroxylation sites is 1. The van der Waals surface area contributed by atoms with Crippen LogP contribution in [0.25, 0.3) is 17.3 Å². The standard InChI is InChI=1S/C24H26N4OS/c1-5-30-24-26-23-21(27-28-24)19-8-6-7-9-20(19)25-22(29-23)16(4)14-17-10-12-18(13-11-17)15(2)3/h6-15,22,25H,5H2,1-4H3/b16-14-/t22-/m0/s1. The second-order valence-corrected chi connectivity index (χ2v) is 8.81. The molecule has 1 aliphatic rings. The summed E-state index contributed by atoms with van der Waals surface area (Å²) in [6.07, 6.45) is 1.79.